The van der Waals surface area contributed by atoms with Crippen LogP contribution in [0.5, 0.6) is 0 Å². The van der Waals surface area contributed by atoms with Crippen molar-refractivity contribution in [1.29, 1.82) is 0 Å². The number of hydrogen-bond donors (Lipinski definition) is 0. The lowest BCUT2D eigenvalue weighted by atomic mass is 9.74. The van der Waals surface area contributed by atoms with Crippen molar-refractivity contribution < 1.29 is 9.53 Å². The first kappa shape index (κ1) is 22.2. The van der Waals surface area contributed by atoms with Gasteiger partial charge in [-0.1, -0.05) is 18.1 Å². The highest BCUT2D eigenvalue weighted by atomic mass is 32.1. The summed E-state index contributed by atoms with van der Waals surface area (Å²) in [5.41, 5.74) is 6.30. The third-order valence-corrected chi connectivity index (χ3v) is 9.27. The van der Waals surface area contributed by atoms with Crippen LogP contribution in [-0.2, 0) is 11.3 Å². The van der Waals surface area contributed by atoms with Crippen LogP contribution in [0.4, 0.5) is 0 Å². The van der Waals surface area contributed by atoms with Crippen molar-refractivity contribution in [3.05, 3.63) is 45.5 Å². The van der Waals surface area contributed by atoms with Crippen LogP contribution in [0.25, 0.3) is 10.2 Å². The van der Waals surface area contributed by atoms with Gasteiger partial charge in [-0.3, -0.25) is 4.79 Å². The zero-order valence-electron chi connectivity index (χ0n) is 19.9. The summed E-state index contributed by atoms with van der Waals surface area (Å²) in [6.07, 6.45) is 9.47. The number of hydrogen-bond acceptors (Lipinski definition) is 3. The zero-order chi connectivity index (χ0) is 22.2. The van der Waals surface area contributed by atoms with Gasteiger partial charge in [0.05, 0.1) is 5.69 Å². The Balaban J connectivity index is 1.54. The van der Waals surface area contributed by atoms with Crippen LogP contribution in [0.3, 0.4) is 0 Å². The molecule has 0 saturated carbocycles. The van der Waals surface area contributed by atoms with E-state index in [0.29, 0.717) is 11.8 Å². The summed E-state index contributed by atoms with van der Waals surface area (Å²) < 4.78 is 7.86. The first-order valence-electron chi connectivity index (χ1n) is 12.7. The molecule has 5 rings (SSSR count). The van der Waals surface area contributed by atoms with Crippen molar-refractivity contribution in [3.8, 4) is 0 Å². The zero-order valence-corrected chi connectivity index (χ0v) is 20.7. The summed E-state index contributed by atoms with van der Waals surface area (Å²) in [6.45, 7) is 9.54. The molecule has 0 N–H and O–H groups in total. The number of aryl methyl sites for hydroxylation is 1. The maximum atomic E-state index is 14.1. The van der Waals surface area contributed by atoms with E-state index in [1.165, 1.54) is 59.9 Å². The van der Waals surface area contributed by atoms with Crippen molar-refractivity contribution in [3.63, 3.8) is 0 Å². The number of Topliss-reactive ketones (excluding diaryl/α,β-unsaturated/α-hetero) is 1. The summed E-state index contributed by atoms with van der Waals surface area (Å²) in [4.78, 5) is 15.4. The highest BCUT2D eigenvalue weighted by molar-refractivity contribution is 7.16. The van der Waals surface area contributed by atoms with E-state index in [1.807, 2.05) is 0 Å². The topological polar surface area (TPSA) is 31.2 Å². The number of aromatic nitrogens is 1. The minimum absolute atomic E-state index is 0.265. The molecule has 1 fully saturated rings. The molecular weight excluding hydrogens is 414 g/mol. The molecule has 4 heteroatoms. The molecule has 0 aromatic carbocycles. The van der Waals surface area contributed by atoms with E-state index < -0.39 is 0 Å². The summed E-state index contributed by atoms with van der Waals surface area (Å²) in [5.74, 6) is 2.27. The minimum Gasteiger partial charge on any atom is -0.381 e. The highest BCUT2D eigenvalue weighted by Crippen LogP contribution is 2.46. The second-order valence-corrected chi connectivity index (χ2v) is 11.1. The van der Waals surface area contributed by atoms with Gasteiger partial charge in [-0.25, -0.2) is 0 Å². The first-order valence-corrected chi connectivity index (χ1v) is 13.6. The number of thiophene rings is 1. The molecule has 1 saturated heterocycles. The Kier molecular flexibility index (Phi) is 6.44. The molecule has 2 unspecified atom stereocenters. The molecule has 3 aliphatic rings. The Labute approximate surface area is 196 Å². The molecule has 0 bridgehead atoms. The van der Waals surface area contributed by atoms with Crippen molar-refractivity contribution in [2.75, 3.05) is 13.2 Å². The van der Waals surface area contributed by atoms with Gasteiger partial charge in [0, 0.05) is 30.7 Å². The van der Waals surface area contributed by atoms with Crippen LogP contribution in [0.15, 0.2) is 39.8 Å². The number of fused-ring (bicyclic) bond motifs is 1. The minimum atomic E-state index is 0.265. The molecule has 1 aliphatic heterocycles. The van der Waals surface area contributed by atoms with Crippen LogP contribution in [-0.4, -0.2) is 23.6 Å². The van der Waals surface area contributed by atoms with Gasteiger partial charge in [-0.05, 0) is 106 Å². The Bertz CT molecular complexity index is 1060. The lowest BCUT2D eigenvalue weighted by molar-refractivity contribution is 0.0561. The molecule has 2 atom stereocenters. The third-order valence-electron chi connectivity index (χ3n) is 8.32. The molecule has 3 nitrogen and oxygen atoms in total. The van der Waals surface area contributed by atoms with E-state index >= 15 is 0 Å². The quantitative estimate of drug-likeness (QED) is 0.439. The largest absolute Gasteiger partial charge is 0.381 e. The summed E-state index contributed by atoms with van der Waals surface area (Å²) in [7, 11) is 0. The highest BCUT2D eigenvalue weighted by Gasteiger charge is 2.35. The van der Waals surface area contributed by atoms with Gasteiger partial charge >= 0.3 is 0 Å². The van der Waals surface area contributed by atoms with Crippen molar-refractivity contribution in [2.24, 2.45) is 17.8 Å². The predicted molar refractivity (Wildman–Crippen MR) is 133 cm³/mol. The van der Waals surface area contributed by atoms with Crippen LogP contribution >= 0.6 is 11.3 Å². The second kappa shape index (κ2) is 9.30. The maximum absolute atomic E-state index is 14.1. The van der Waals surface area contributed by atoms with Gasteiger partial charge in [-0.15, -0.1) is 11.3 Å². The number of nitrogens with zero attached hydrogens (tertiary/aromatic N) is 1. The Morgan fingerprint density at radius 3 is 2.78 bits per heavy atom. The van der Waals surface area contributed by atoms with E-state index in [2.05, 4.69) is 42.9 Å². The van der Waals surface area contributed by atoms with Crippen LogP contribution in [0, 0.1) is 17.8 Å². The average molecular weight is 452 g/mol. The van der Waals surface area contributed by atoms with Gasteiger partial charge in [0.25, 0.3) is 0 Å². The van der Waals surface area contributed by atoms with Gasteiger partial charge in [0.15, 0.2) is 0 Å². The standard InChI is InChI=1S/C28H37NO2S/c1-4-29-25(17-21-11-14-32-28(21)29)27(30)26-18(2)15-22(16-20-9-12-31-13-10-20)19(3)23-7-5-6-8-24(23)26/h11,14,17,19-20,22H,4-10,12-13,15-16H2,1-3H3. The molecule has 2 aliphatic carbocycles. The lowest BCUT2D eigenvalue weighted by Gasteiger charge is -2.32. The molecule has 2 aromatic heterocycles. The fourth-order valence-corrected chi connectivity index (χ4v) is 7.53. The molecule has 0 spiro atoms. The third kappa shape index (κ3) is 3.94. The van der Waals surface area contributed by atoms with Crippen LogP contribution in [0.1, 0.15) is 82.6 Å². The number of carbonyl (C=O) groups excluding carboxylic acids is 1. The molecule has 172 valence electrons. The smallest absolute Gasteiger partial charge is 0.209 e. The molecular formula is C28H37NO2S. The number of ether oxygens (including phenoxy) is 1. The van der Waals surface area contributed by atoms with Gasteiger partial charge in [0.1, 0.15) is 4.83 Å². The summed E-state index contributed by atoms with van der Waals surface area (Å²) in [5, 5.41) is 3.33. The lowest BCUT2D eigenvalue weighted by Crippen LogP contribution is -2.23. The van der Waals surface area contributed by atoms with Crippen molar-refractivity contribution in [1.82, 2.24) is 4.57 Å². The molecule has 0 radical (unpaired) electrons. The van der Waals surface area contributed by atoms with E-state index in [-0.39, 0.29) is 5.78 Å². The maximum Gasteiger partial charge on any atom is 0.209 e. The monoisotopic (exact) mass is 451 g/mol. The average Bonchev–Trinajstić information content (AvgIpc) is 3.38. The van der Waals surface area contributed by atoms with Crippen molar-refractivity contribution in [2.45, 2.75) is 78.7 Å². The van der Waals surface area contributed by atoms with Crippen molar-refractivity contribution >= 4 is 27.3 Å². The fourth-order valence-electron chi connectivity index (χ4n) is 6.56. The number of carbonyl (C=O) groups is 1. The predicted octanol–water partition coefficient (Wildman–Crippen LogP) is 7.57. The Morgan fingerprint density at radius 1 is 1.22 bits per heavy atom. The number of rotatable bonds is 5. The summed E-state index contributed by atoms with van der Waals surface area (Å²) >= 11 is 1.74. The van der Waals surface area contributed by atoms with Gasteiger partial charge in [-0.2, -0.15) is 0 Å². The molecule has 2 aromatic rings. The van der Waals surface area contributed by atoms with Crippen LogP contribution in [0.2, 0.25) is 0 Å². The fraction of sp³-hybridized carbons (Fsp3) is 0.607. The SMILES string of the molecule is CCn1c(C(=O)C2=C(C)CC(CC3CCOCC3)C(C)C3=C2CCCC3)cc2ccsc21. The first-order chi connectivity index (χ1) is 15.6. The number of ketones is 1. The normalized spacial score (nSPS) is 25.3. The Hall–Kier alpha value is -1.65. The van der Waals surface area contributed by atoms with Gasteiger partial charge < -0.3 is 9.30 Å². The van der Waals surface area contributed by atoms with E-state index in [9.17, 15) is 4.79 Å². The summed E-state index contributed by atoms with van der Waals surface area (Å²) in [6, 6.07) is 4.28. The van der Waals surface area contributed by atoms with Gasteiger partial charge in [0.2, 0.25) is 5.78 Å². The Morgan fingerprint density at radius 2 is 2.00 bits per heavy atom. The van der Waals surface area contributed by atoms with Crippen LogP contribution < -0.4 is 0 Å². The van der Waals surface area contributed by atoms with E-state index in [1.54, 1.807) is 16.9 Å². The van der Waals surface area contributed by atoms with E-state index in [4.69, 9.17) is 4.74 Å². The van der Waals surface area contributed by atoms with E-state index in [0.717, 1.165) is 49.8 Å². The number of allylic oxidation sites excluding steroid dienone is 4. The molecule has 32 heavy (non-hydrogen) atoms. The molecule has 0 amide bonds. The second-order valence-electron chi connectivity index (χ2n) is 10.2. The molecule has 3 heterocycles.